The number of hydrogen-bond acceptors (Lipinski definition) is 6. The average molecular weight is 358 g/mol. The topological polar surface area (TPSA) is 190 Å². The number of carboxylic acid groups (broad SMARTS) is 4. The van der Waals surface area contributed by atoms with Crippen molar-refractivity contribution in [1.82, 2.24) is 0 Å². The third-order valence-corrected chi connectivity index (χ3v) is 2.02. The molecule has 25 heavy (non-hydrogen) atoms. The van der Waals surface area contributed by atoms with Crippen LogP contribution in [-0.2, 0) is 9.59 Å². The van der Waals surface area contributed by atoms with Crippen LogP contribution in [0.1, 0.15) is 27.6 Å². The van der Waals surface area contributed by atoms with Crippen LogP contribution >= 0.6 is 0 Å². The lowest BCUT2D eigenvalue weighted by Crippen LogP contribution is -2.06. The van der Waals surface area contributed by atoms with Gasteiger partial charge in [-0.25, -0.2) is 19.2 Å². The summed E-state index contributed by atoms with van der Waals surface area (Å²) in [7, 11) is 0. The van der Waals surface area contributed by atoms with E-state index < -0.39 is 30.0 Å². The van der Waals surface area contributed by atoms with E-state index in [9.17, 15) is 19.2 Å². The Bertz CT molecular complexity index is 569. The van der Waals surface area contributed by atoms with Gasteiger partial charge in [0.15, 0.2) is 0 Å². The van der Waals surface area contributed by atoms with E-state index in [4.69, 9.17) is 30.6 Å². The van der Waals surface area contributed by atoms with Crippen LogP contribution in [0, 0.1) is 0 Å². The molecular weight excluding hydrogens is 340 g/mol. The van der Waals surface area contributed by atoms with Crippen LogP contribution in [0.2, 0.25) is 0 Å². The lowest BCUT2D eigenvalue weighted by Gasteiger charge is -1.98. The molecule has 0 radical (unpaired) electrons. The van der Waals surface area contributed by atoms with E-state index in [-0.39, 0.29) is 17.7 Å². The van der Waals surface area contributed by atoms with Crippen LogP contribution < -0.4 is 0 Å². The van der Waals surface area contributed by atoms with Crippen molar-refractivity contribution in [2.45, 2.75) is 13.0 Å². The number of aliphatic hydroxyl groups is 2. The van der Waals surface area contributed by atoms with Crippen molar-refractivity contribution in [1.29, 1.82) is 0 Å². The summed E-state index contributed by atoms with van der Waals surface area (Å²) in [5.41, 5.74) is -0.380. The number of hydrogen-bond donors (Lipinski definition) is 6. The molecule has 0 aromatic heterocycles. The van der Waals surface area contributed by atoms with Gasteiger partial charge >= 0.3 is 23.9 Å². The van der Waals surface area contributed by atoms with E-state index in [1.807, 2.05) is 0 Å². The van der Waals surface area contributed by atoms with Gasteiger partial charge in [0.2, 0.25) is 0 Å². The largest absolute Gasteiger partial charge is 0.478 e. The minimum atomic E-state index is -1.26. The number of benzene rings is 1. The predicted octanol–water partition coefficient (Wildman–Crippen LogP) is 0.154. The minimum Gasteiger partial charge on any atom is -0.478 e. The van der Waals surface area contributed by atoms with Crippen molar-refractivity contribution in [2.24, 2.45) is 0 Å². The Morgan fingerprint density at radius 2 is 1.16 bits per heavy atom. The zero-order valence-corrected chi connectivity index (χ0v) is 13.1. The molecule has 1 atom stereocenters. The molecule has 0 bridgehead atoms. The summed E-state index contributed by atoms with van der Waals surface area (Å²) in [5.74, 6) is -4.97. The summed E-state index contributed by atoms with van der Waals surface area (Å²) in [4.78, 5) is 40.0. The molecule has 10 heteroatoms. The summed E-state index contributed by atoms with van der Waals surface area (Å²) in [5, 5.41) is 48.7. The number of rotatable bonds is 5. The number of aliphatic hydroxyl groups excluding tert-OH is 2. The molecule has 0 saturated heterocycles. The maximum absolute atomic E-state index is 10.5. The van der Waals surface area contributed by atoms with Gasteiger partial charge in [0, 0.05) is 12.2 Å². The molecule has 0 aliphatic rings. The fourth-order valence-corrected chi connectivity index (χ4v) is 0.999. The van der Waals surface area contributed by atoms with Crippen LogP contribution in [0.5, 0.6) is 0 Å². The summed E-state index contributed by atoms with van der Waals surface area (Å²) in [6, 6.07) is 5.48. The lowest BCUT2D eigenvalue weighted by atomic mass is 10.1. The number of aromatic carboxylic acids is 2. The first-order valence-electron chi connectivity index (χ1n) is 6.51. The van der Waals surface area contributed by atoms with Crippen molar-refractivity contribution in [3.8, 4) is 0 Å². The maximum Gasteiger partial charge on any atom is 0.336 e. The van der Waals surface area contributed by atoms with Crippen LogP contribution in [0.25, 0.3) is 0 Å². The van der Waals surface area contributed by atoms with E-state index >= 15 is 0 Å². The molecule has 0 heterocycles. The fourth-order valence-electron chi connectivity index (χ4n) is 0.999. The molecule has 138 valence electrons. The Morgan fingerprint density at radius 1 is 0.880 bits per heavy atom. The van der Waals surface area contributed by atoms with Gasteiger partial charge in [-0.15, -0.1) is 0 Å². The fraction of sp³-hybridized carbons (Fsp3) is 0.200. The average Bonchev–Trinajstić information content (AvgIpc) is 2.54. The van der Waals surface area contributed by atoms with E-state index in [1.54, 1.807) is 0 Å². The van der Waals surface area contributed by atoms with E-state index in [1.165, 1.54) is 31.2 Å². The van der Waals surface area contributed by atoms with Gasteiger partial charge in [0.1, 0.15) is 0 Å². The summed E-state index contributed by atoms with van der Waals surface area (Å²) >= 11 is 0. The molecule has 0 amide bonds. The van der Waals surface area contributed by atoms with Gasteiger partial charge in [-0.1, -0.05) is 12.1 Å². The third-order valence-electron chi connectivity index (χ3n) is 2.02. The van der Waals surface area contributed by atoms with Crippen molar-refractivity contribution in [3.63, 3.8) is 0 Å². The highest BCUT2D eigenvalue weighted by molar-refractivity contribution is 6.01. The SMILES string of the molecule is CC(O)CO.O=C(O)/C=C\C(=O)O.O=C(O)c1ccccc1C(=O)O. The highest BCUT2D eigenvalue weighted by atomic mass is 16.4. The minimum absolute atomic E-state index is 0.139. The lowest BCUT2D eigenvalue weighted by molar-refractivity contribution is -0.134. The van der Waals surface area contributed by atoms with Crippen LogP contribution in [0.15, 0.2) is 36.4 Å². The molecule has 0 spiro atoms. The highest BCUT2D eigenvalue weighted by Crippen LogP contribution is 2.07. The maximum atomic E-state index is 10.5. The first-order valence-corrected chi connectivity index (χ1v) is 6.51. The Kier molecular flexibility index (Phi) is 12.7. The Hall–Kier alpha value is -3.24. The summed E-state index contributed by atoms with van der Waals surface area (Å²) < 4.78 is 0. The monoisotopic (exact) mass is 358 g/mol. The van der Waals surface area contributed by atoms with Crippen molar-refractivity contribution in [2.75, 3.05) is 6.61 Å². The Balaban J connectivity index is 0. The first-order chi connectivity index (χ1) is 11.5. The Morgan fingerprint density at radius 3 is 1.32 bits per heavy atom. The number of carbonyl (C=O) groups is 4. The standard InChI is InChI=1S/C8H6O4.C4H4O4.C3H8O2/c9-7(10)5-3-1-2-4-6(5)8(11)12;5-3(6)1-2-4(7)8;1-3(5)2-4/h1-4H,(H,9,10)(H,11,12);1-2H,(H,5,6)(H,7,8);3-5H,2H2,1H3/b;2-1-;. The van der Waals surface area contributed by atoms with Gasteiger partial charge in [0.25, 0.3) is 0 Å². The second-order valence-corrected chi connectivity index (χ2v) is 4.20. The molecule has 0 aliphatic heterocycles. The molecular formula is C15H18O10. The first kappa shape index (κ1) is 24.0. The molecule has 1 aromatic rings. The summed E-state index contributed by atoms with van der Waals surface area (Å²) in [6.45, 7) is 1.39. The van der Waals surface area contributed by atoms with Crippen molar-refractivity contribution >= 4 is 23.9 Å². The van der Waals surface area contributed by atoms with Crippen molar-refractivity contribution in [3.05, 3.63) is 47.5 Å². The van der Waals surface area contributed by atoms with Crippen LogP contribution in [0.4, 0.5) is 0 Å². The molecule has 0 fully saturated rings. The second-order valence-electron chi connectivity index (χ2n) is 4.20. The normalized spacial score (nSPS) is 10.5. The van der Waals surface area contributed by atoms with E-state index in [2.05, 4.69) is 0 Å². The van der Waals surface area contributed by atoms with Gasteiger partial charge < -0.3 is 30.6 Å². The van der Waals surface area contributed by atoms with Crippen LogP contribution in [-0.4, -0.2) is 67.2 Å². The van der Waals surface area contributed by atoms with Gasteiger partial charge in [-0.2, -0.15) is 0 Å². The molecule has 1 unspecified atom stereocenters. The molecule has 1 rings (SSSR count). The predicted molar refractivity (Wildman–Crippen MR) is 83.5 cm³/mol. The van der Waals surface area contributed by atoms with Gasteiger partial charge in [-0.05, 0) is 19.1 Å². The second kappa shape index (κ2) is 13.2. The highest BCUT2D eigenvalue weighted by Gasteiger charge is 2.13. The smallest absolute Gasteiger partial charge is 0.336 e. The van der Waals surface area contributed by atoms with Crippen LogP contribution in [0.3, 0.4) is 0 Å². The summed E-state index contributed by atoms with van der Waals surface area (Å²) in [6.07, 6.45) is 0.556. The molecule has 10 nitrogen and oxygen atoms in total. The molecule has 0 aliphatic carbocycles. The third kappa shape index (κ3) is 14.1. The number of aliphatic carboxylic acids is 2. The van der Waals surface area contributed by atoms with E-state index in [0.717, 1.165) is 0 Å². The van der Waals surface area contributed by atoms with Crippen molar-refractivity contribution < 1.29 is 49.8 Å². The molecule has 1 aromatic carbocycles. The number of carboxylic acids is 4. The zero-order valence-electron chi connectivity index (χ0n) is 13.1. The zero-order chi connectivity index (χ0) is 20.0. The molecule has 0 saturated carbocycles. The van der Waals surface area contributed by atoms with E-state index in [0.29, 0.717) is 12.2 Å². The quantitative estimate of drug-likeness (QED) is 0.395. The van der Waals surface area contributed by atoms with Gasteiger partial charge in [-0.3, -0.25) is 0 Å². The van der Waals surface area contributed by atoms with Gasteiger partial charge in [0.05, 0.1) is 23.8 Å². The Labute approximate surface area is 141 Å². The molecule has 6 N–H and O–H groups in total.